The maximum atomic E-state index is 4.26. The molecule has 0 saturated heterocycles. The number of nitrogens with one attached hydrogen (secondary N) is 2. The van der Waals surface area contributed by atoms with Crippen molar-refractivity contribution >= 4 is 17.3 Å². The van der Waals surface area contributed by atoms with Crippen LogP contribution in [0.25, 0.3) is 0 Å². The molecule has 1 aliphatic rings. The summed E-state index contributed by atoms with van der Waals surface area (Å²) in [6, 6.07) is 4.86. The van der Waals surface area contributed by atoms with E-state index < -0.39 is 0 Å². The van der Waals surface area contributed by atoms with Crippen LogP contribution in [-0.2, 0) is 6.54 Å². The molecule has 3 nitrogen and oxygen atoms in total. The molecule has 94 valence electrons. The summed E-state index contributed by atoms with van der Waals surface area (Å²) in [6.45, 7) is 3.11. The normalized spacial score (nSPS) is 23.5. The van der Waals surface area contributed by atoms with Crippen LogP contribution in [0, 0.1) is 5.92 Å². The summed E-state index contributed by atoms with van der Waals surface area (Å²) in [5.41, 5.74) is 0. The Morgan fingerprint density at radius 3 is 3.12 bits per heavy atom. The Hall–Kier alpha value is -1.03. The second kappa shape index (κ2) is 6.05. The number of rotatable bonds is 5. The van der Waals surface area contributed by atoms with Gasteiger partial charge in [-0.1, -0.05) is 19.4 Å². The first-order valence-corrected chi connectivity index (χ1v) is 7.21. The summed E-state index contributed by atoms with van der Waals surface area (Å²) in [6.07, 6.45) is 3.91. The summed E-state index contributed by atoms with van der Waals surface area (Å²) >= 11 is 1.77. The number of hydrogen-bond donors (Lipinski definition) is 2. The number of nitrogens with zero attached hydrogens (tertiary/aromatic N) is 1. The zero-order valence-corrected chi connectivity index (χ0v) is 11.4. The number of aliphatic imine (C=N–C) groups is 1. The monoisotopic (exact) mass is 251 g/mol. The quantitative estimate of drug-likeness (QED) is 0.623. The minimum Gasteiger partial charge on any atom is -0.353 e. The molecule has 0 aliphatic heterocycles. The molecule has 0 spiro atoms. The fraction of sp³-hybridized carbons (Fsp3) is 0.615. The third kappa shape index (κ3) is 3.73. The van der Waals surface area contributed by atoms with Crippen molar-refractivity contribution in [1.29, 1.82) is 0 Å². The van der Waals surface area contributed by atoms with Crippen molar-refractivity contribution in [2.24, 2.45) is 10.9 Å². The van der Waals surface area contributed by atoms with Crippen molar-refractivity contribution < 1.29 is 0 Å². The van der Waals surface area contributed by atoms with Gasteiger partial charge in [0.25, 0.3) is 0 Å². The minimum absolute atomic E-state index is 0.643. The Balaban J connectivity index is 1.71. The molecule has 2 N–H and O–H groups in total. The predicted octanol–water partition coefficient (Wildman–Crippen LogP) is 2.60. The summed E-state index contributed by atoms with van der Waals surface area (Å²) in [7, 11) is 1.83. The topological polar surface area (TPSA) is 36.4 Å². The van der Waals surface area contributed by atoms with Gasteiger partial charge in [0.1, 0.15) is 0 Å². The summed E-state index contributed by atoms with van der Waals surface area (Å²) in [5, 5.41) is 8.94. The fourth-order valence-electron chi connectivity index (χ4n) is 2.07. The predicted molar refractivity (Wildman–Crippen MR) is 74.5 cm³/mol. The van der Waals surface area contributed by atoms with Gasteiger partial charge < -0.3 is 10.6 Å². The third-order valence-electron chi connectivity index (χ3n) is 3.14. The average molecular weight is 251 g/mol. The molecule has 17 heavy (non-hydrogen) atoms. The Morgan fingerprint density at radius 2 is 2.47 bits per heavy atom. The molecule has 0 amide bonds. The zero-order valence-electron chi connectivity index (χ0n) is 10.6. The maximum Gasteiger partial charge on any atom is 0.191 e. The minimum atomic E-state index is 0.643. The lowest BCUT2D eigenvalue weighted by Gasteiger charge is -2.10. The molecule has 1 aliphatic carbocycles. The first-order chi connectivity index (χ1) is 8.33. The van der Waals surface area contributed by atoms with E-state index in [1.165, 1.54) is 24.1 Å². The van der Waals surface area contributed by atoms with E-state index in [1.807, 2.05) is 7.05 Å². The van der Waals surface area contributed by atoms with Gasteiger partial charge in [0, 0.05) is 18.0 Å². The molecule has 4 heteroatoms. The first kappa shape index (κ1) is 12.4. The summed E-state index contributed by atoms with van der Waals surface area (Å²) in [5.74, 6) is 1.79. The van der Waals surface area contributed by atoms with E-state index in [1.54, 1.807) is 11.3 Å². The van der Waals surface area contributed by atoms with Gasteiger partial charge >= 0.3 is 0 Å². The highest BCUT2D eigenvalue weighted by Gasteiger charge is 2.36. The Labute approximate surface area is 107 Å². The van der Waals surface area contributed by atoms with Gasteiger partial charge in [-0.05, 0) is 30.2 Å². The van der Waals surface area contributed by atoms with E-state index in [2.05, 4.69) is 40.1 Å². The smallest absolute Gasteiger partial charge is 0.191 e. The molecule has 0 radical (unpaired) electrons. The van der Waals surface area contributed by atoms with E-state index in [-0.39, 0.29) is 0 Å². The number of thiophene rings is 1. The molecular weight excluding hydrogens is 230 g/mol. The van der Waals surface area contributed by atoms with Crippen LogP contribution in [0.1, 0.15) is 31.1 Å². The molecule has 1 fully saturated rings. The second-order valence-electron chi connectivity index (χ2n) is 4.54. The number of hydrogen-bond acceptors (Lipinski definition) is 2. The van der Waals surface area contributed by atoms with Crippen molar-refractivity contribution in [3.05, 3.63) is 22.4 Å². The van der Waals surface area contributed by atoms with E-state index >= 15 is 0 Å². The van der Waals surface area contributed by atoms with Gasteiger partial charge in [0.2, 0.25) is 0 Å². The summed E-state index contributed by atoms with van der Waals surface area (Å²) in [4.78, 5) is 5.60. The van der Waals surface area contributed by atoms with Crippen LogP contribution in [0.3, 0.4) is 0 Å². The molecular formula is C13H21N3S. The highest BCUT2D eigenvalue weighted by molar-refractivity contribution is 7.09. The van der Waals surface area contributed by atoms with Crippen molar-refractivity contribution in [3.63, 3.8) is 0 Å². The molecule has 1 aromatic heterocycles. The lowest BCUT2D eigenvalue weighted by atomic mass is 10.2. The van der Waals surface area contributed by atoms with Crippen LogP contribution < -0.4 is 10.6 Å². The first-order valence-electron chi connectivity index (χ1n) is 6.33. The van der Waals surface area contributed by atoms with Gasteiger partial charge in [-0.15, -0.1) is 11.3 Å². The van der Waals surface area contributed by atoms with Gasteiger partial charge in [-0.2, -0.15) is 0 Å². The SMILES string of the molecule is CCCC1CC1NC(=NC)NCc1cccs1. The van der Waals surface area contributed by atoms with Crippen LogP contribution in [0.15, 0.2) is 22.5 Å². The van der Waals surface area contributed by atoms with E-state index in [0.29, 0.717) is 6.04 Å². The number of guanidine groups is 1. The van der Waals surface area contributed by atoms with Crippen molar-refractivity contribution in [3.8, 4) is 0 Å². The van der Waals surface area contributed by atoms with Crippen LogP contribution in [0.2, 0.25) is 0 Å². The maximum absolute atomic E-state index is 4.26. The van der Waals surface area contributed by atoms with Gasteiger partial charge in [-0.3, -0.25) is 4.99 Å². The highest BCUT2D eigenvalue weighted by Crippen LogP contribution is 2.34. The van der Waals surface area contributed by atoms with Crippen molar-refractivity contribution in [2.75, 3.05) is 7.05 Å². The molecule has 2 unspecified atom stereocenters. The average Bonchev–Trinajstić information content (AvgIpc) is 2.86. The largest absolute Gasteiger partial charge is 0.353 e. The molecule has 1 saturated carbocycles. The van der Waals surface area contributed by atoms with E-state index in [4.69, 9.17) is 0 Å². The Morgan fingerprint density at radius 1 is 1.59 bits per heavy atom. The van der Waals surface area contributed by atoms with E-state index in [0.717, 1.165) is 18.4 Å². The molecule has 2 rings (SSSR count). The lowest BCUT2D eigenvalue weighted by Crippen LogP contribution is -2.38. The van der Waals surface area contributed by atoms with Crippen LogP contribution in [0.4, 0.5) is 0 Å². The molecule has 1 aromatic rings. The van der Waals surface area contributed by atoms with Gasteiger partial charge in [0.15, 0.2) is 5.96 Å². The third-order valence-corrected chi connectivity index (χ3v) is 4.01. The highest BCUT2D eigenvalue weighted by atomic mass is 32.1. The van der Waals surface area contributed by atoms with E-state index in [9.17, 15) is 0 Å². The molecule has 2 atom stereocenters. The zero-order chi connectivity index (χ0) is 12.1. The van der Waals surface area contributed by atoms with Crippen molar-refractivity contribution in [2.45, 2.75) is 38.8 Å². The molecule has 1 heterocycles. The van der Waals surface area contributed by atoms with Crippen LogP contribution in [-0.4, -0.2) is 19.0 Å². The Kier molecular flexibility index (Phi) is 4.42. The fourth-order valence-corrected chi connectivity index (χ4v) is 2.71. The van der Waals surface area contributed by atoms with Gasteiger partial charge in [-0.25, -0.2) is 0 Å². The lowest BCUT2D eigenvalue weighted by molar-refractivity contribution is 0.655. The van der Waals surface area contributed by atoms with Crippen LogP contribution >= 0.6 is 11.3 Å². The summed E-state index contributed by atoms with van der Waals surface area (Å²) < 4.78 is 0. The second-order valence-corrected chi connectivity index (χ2v) is 5.57. The molecule has 0 aromatic carbocycles. The van der Waals surface area contributed by atoms with Crippen LogP contribution in [0.5, 0.6) is 0 Å². The Bertz CT molecular complexity index is 359. The molecule has 0 bridgehead atoms. The van der Waals surface area contributed by atoms with Gasteiger partial charge in [0.05, 0.1) is 6.54 Å². The standard InChI is InChI=1S/C13H21N3S/c1-3-5-10-8-12(10)16-13(14-2)15-9-11-6-4-7-17-11/h4,6-7,10,12H,3,5,8-9H2,1-2H3,(H2,14,15,16). The van der Waals surface area contributed by atoms with Crippen molar-refractivity contribution in [1.82, 2.24) is 10.6 Å².